The van der Waals surface area contributed by atoms with Gasteiger partial charge >= 0.3 is 12.3 Å². The Hall–Kier alpha value is -5.12. The molecule has 0 aliphatic heterocycles. The lowest BCUT2D eigenvalue weighted by Gasteiger charge is -2.06. The third-order valence-electron chi connectivity index (χ3n) is 4.75. The number of nitrogens with zero attached hydrogens (tertiary/aromatic N) is 3. The number of nitrogens with two attached hydrogens (primary N) is 1. The highest BCUT2D eigenvalue weighted by atomic mass is 16.6. The molecule has 0 fully saturated rings. The van der Waals surface area contributed by atoms with Crippen molar-refractivity contribution in [2.75, 3.05) is 19.8 Å². The summed E-state index contributed by atoms with van der Waals surface area (Å²) in [4.78, 5) is 58.0. The van der Waals surface area contributed by atoms with Crippen molar-refractivity contribution in [1.29, 1.82) is 0 Å². The van der Waals surface area contributed by atoms with Crippen LogP contribution < -0.4 is 5.73 Å². The van der Waals surface area contributed by atoms with Crippen LogP contribution in [0.3, 0.4) is 0 Å². The minimum Gasteiger partial charge on any atom is -0.398 e. The summed E-state index contributed by atoms with van der Waals surface area (Å²) in [6.45, 7) is 3.89. The van der Waals surface area contributed by atoms with Gasteiger partial charge in [-0.3, -0.25) is 20.2 Å². The zero-order valence-corrected chi connectivity index (χ0v) is 20.7. The monoisotopic (exact) mass is 513 g/mol. The van der Waals surface area contributed by atoms with Gasteiger partial charge in [0.15, 0.2) is 0 Å². The van der Waals surface area contributed by atoms with Crippen molar-refractivity contribution in [3.05, 3.63) is 79.6 Å². The first-order chi connectivity index (χ1) is 17.5. The molecule has 1 heterocycles. The lowest BCUT2D eigenvalue weighted by molar-refractivity contribution is -0.394. The molecule has 0 amide bonds. The van der Waals surface area contributed by atoms with E-state index in [2.05, 4.69) is 24.0 Å². The highest BCUT2D eigenvalue weighted by Crippen LogP contribution is 2.30. The fourth-order valence-electron chi connectivity index (χ4n) is 3.09. The normalized spacial score (nSPS) is 9.41. The molecular formula is C24H27N5O8. The van der Waals surface area contributed by atoms with Crippen LogP contribution in [0.5, 0.6) is 0 Å². The van der Waals surface area contributed by atoms with Crippen molar-refractivity contribution in [2.24, 2.45) is 0 Å². The molecule has 1 aromatic heterocycles. The first-order valence-corrected chi connectivity index (χ1v) is 10.6. The first-order valence-electron chi connectivity index (χ1n) is 10.6. The molecule has 3 aromatic rings. The highest BCUT2D eigenvalue weighted by Gasteiger charge is 2.22. The second kappa shape index (κ2) is 16.5. The largest absolute Gasteiger partial charge is 0.398 e. The summed E-state index contributed by atoms with van der Waals surface area (Å²) in [5, 5.41) is 23.1. The molecule has 13 heteroatoms. The topological polar surface area (TPSA) is 200 Å². The molecular weight excluding hydrogens is 486 g/mol. The Kier molecular flexibility index (Phi) is 14.2. The summed E-state index contributed by atoms with van der Waals surface area (Å²) < 4.78 is 0. The summed E-state index contributed by atoms with van der Waals surface area (Å²) in [5.41, 5.74) is 9.43. The highest BCUT2D eigenvalue weighted by molar-refractivity contribution is 5.84. The Morgan fingerprint density at radius 2 is 1.46 bits per heavy atom. The summed E-state index contributed by atoms with van der Waals surface area (Å²) >= 11 is 0. The van der Waals surface area contributed by atoms with Gasteiger partial charge in [0, 0.05) is 37.1 Å². The van der Waals surface area contributed by atoms with Crippen molar-refractivity contribution in [3.63, 3.8) is 0 Å². The number of nitro groups is 2. The van der Waals surface area contributed by atoms with E-state index >= 15 is 0 Å². The molecule has 0 saturated carbocycles. The number of aromatic nitrogens is 1. The van der Waals surface area contributed by atoms with E-state index in [1.165, 1.54) is 17.0 Å². The Bertz CT molecular complexity index is 1290. The molecule has 0 bridgehead atoms. The molecule has 37 heavy (non-hydrogen) atoms. The second-order valence-corrected chi connectivity index (χ2v) is 7.32. The zero-order chi connectivity index (χ0) is 28.5. The summed E-state index contributed by atoms with van der Waals surface area (Å²) in [5.74, 6) is 0. The number of aryl methyl sites for hydroxylation is 2. The number of anilines is 1. The zero-order valence-electron chi connectivity index (χ0n) is 20.7. The molecule has 3 N–H and O–H groups in total. The third-order valence-corrected chi connectivity index (χ3v) is 4.75. The van der Waals surface area contributed by atoms with Gasteiger partial charge in [0.25, 0.3) is 11.4 Å². The van der Waals surface area contributed by atoms with E-state index in [0.717, 1.165) is 23.7 Å². The van der Waals surface area contributed by atoms with Gasteiger partial charge in [-0.25, -0.2) is 0 Å². The first kappa shape index (κ1) is 31.9. The number of rotatable bonds is 6. The van der Waals surface area contributed by atoms with Gasteiger partial charge in [-0.05, 0) is 60.3 Å². The van der Waals surface area contributed by atoms with E-state index in [1.807, 2.05) is 12.3 Å². The van der Waals surface area contributed by atoms with Gasteiger partial charge in [-0.2, -0.15) is 19.2 Å². The molecule has 0 radical (unpaired) electrons. The lowest BCUT2D eigenvalue weighted by Crippen LogP contribution is -2.02. The van der Waals surface area contributed by atoms with E-state index in [1.54, 1.807) is 38.2 Å². The van der Waals surface area contributed by atoms with E-state index in [-0.39, 0.29) is 23.7 Å². The van der Waals surface area contributed by atoms with E-state index in [9.17, 15) is 20.2 Å². The quantitative estimate of drug-likeness (QED) is 0.278. The number of nitrogen functional groups attached to an aromatic ring is 1. The van der Waals surface area contributed by atoms with E-state index in [4.69, 9.17) is 24.9 Å². The molecule has 0 atom stereocenters. The number of hydrogen-bond acceptors (Lipinski definition) is 10. The molecule has 0 aliphatic rings. The molecule has 196 valence electrons. The van der Waals surface area contributed by atoms with Gasteiger partial charge in [0.1, 0.15) is 0 Å². The number of fused-ring (bicyclic) bond motifs is 1. The fraction of sp³-hybridized carbons (Fsp3) is 0.250. The SMILES string of the molecule is CCc1cc(/C=C/N(C)C)c([N+](=O)[O-])cc1[N+](=O)[O-].CCc1cc2cc[nH]c2cc1N.O=C=O.O=C=O. The van der Waals surface area contributed by atoms with E-state index < -0.39 is 9.85 Å². The number of nitrogens with one attached hydrogen (secondary N) is 1. The summed E-state index contributed by atoms with van der Waals surface area (Å²) in [7, 11) is 3.57. The third kappa shape index (κ3) is 10.4. The molecule has 2 aromatic carbocycles. The van der Waals surface area contributed by atoms with Crippen LogP contribution in [0.25, 0.3) is 17.0 Å². The Morgan fingerprint density at radius 3 is 1.92 bits per heavy atom. The average Bonchev–Trinajstić information content (AvgIpc) is 3.29. The molecule has 0 spiro atoms. The smallest absolute Gasteiger partial charge is 0.373 e. The number of hydrogen-bond donors (Lipinski definition) is 2. The van der Waals surface area contributed by atoms with Crippen LogP contribution in [0.1, 0.15) is 30.5 Å². The van der Waals surface area contributed by atoms with Crippen LogP contribution in [0.15, 0.2) is 42.7 Å². The van der Waals surface area contributed by atoms with Crippen molar-refractivity contribution in [1.82, 2.24) is 9.88 Å². The Labute approximate surface area is 211 Å². The van der Waals surface area contributed by atoms with Gasteiger partial charge in [0.2, 0.25) is 0 Å². The Morgan fingerprint density at radius 1 is 0.919 bits per heavy atom. The summed E-state index contributed by atoms with van der Waals surface area (Å²) in [6.07, 6.45) is 7.10. The fourth-order valence-corrected chi connectivity index (χ4v) is 3.09. The van der Waals surface area contributed by atoms with Gasteiger partial charge in [-0.15, -0.1) is 0 Å². The molecule has 13 nitrogen and oxygen atoms in total. The molecule has 0 unspecified atom stereocenters. The van der Waals surface area contributed by atoms with Crippen molar-refractivity contribution >= 4 is 46.3 Å². The minimum atomic E-state index is -0.609. The number of aromatic amines is 1. The van der Waals surface area contributed by atoms with Crippen LogP contribution in [0, 0.1) is 20.2 Å². The van der Waals surface area contributed by atoms with Gasteiger partial charge in [-0.1, -0.05) is 13.8 Å². The van der Waals surface area contributed by atoms with Crippen molar-refractivity contribution in [3.8, 4) is 0 Å². The van der Waals surface area contributed by atoms with Crippen molar-refractivity contribution < 1.29 is 29.0 Å². The maximum Gasteiger partial charge on any atom is 0.373 e. The molecule has 0 saturated heterocycles. The lowest BCUT2D eigenvalue weighted by atomic mass is 10.0. The van der Waals surface area contributed by atoms with Crippen LogP contribution in [0.2, 0.25) is 0 Å². The number of nitro benzene ring substituents is 2. The van der Waals surface area contributed by atoms with Crippen LogP contribution in [-0.4, -0.2) is 46.1 Å². The number of benzene rings is 2. The second-order valence-electron chi connectivity index (χ2n) is 7.32. The van der Waals surface area contributed by atoms with Gasteiger partial charge in [0.05, 0.1) is 21.5 Å². The molecule has 3 rings (SSSR count). The molecule has 0 aliphatic carbocycles. The summed E-state index contributed by atoms with van der Waals surface area (Å²) in [6, 6.07) is 8.72. The van der Waals surface area contributed by atoms with Crippen LogP contribution in [-0.2, 0) is 32.0 Å². The minimum absolute atomic E-state index is 0.212. The van der Waals surface area contributed by atoms with E-state index in [0.29, 0.717) is 17.5 Å². The van der Waals surface area contributed by atoms with Gasteiger partial charge < -0.3 is 15.6 Å². The predicted octanol–water partition coefficient (Wildman–Crippen LogP) is 3.74. The average molecular weight is 514 g/mol. The standard InChI is InChI=1S/C12H15N3O4.C10H12N2.2CO2/c1-4-9-7-10(5-6-13(2)3)12(15(18)19)8-11(9)14(16)17;1-2-7-5-8-3-4-12-10(8)6-9(7)11;2*2-1-3/h5-8H,4H2,1-3H3;3-6,12H,2,11H2,1H3;;/b6-5+;;;. The maximum atomic E-state index is 11.0. The predicted molar refractivity (Wildman–Crippen MR) is 134 cm³/mol. The van der Waals surface area contributed by atoms with Crippen LogP contribution in [0.4, 0.5) is 17.1 Å². The maximum absolute atomic E-state index is 11.0. The number of carbonyl (C=O) groups excluding carboxylic acids is 4. The Balaban J connectivity index is 0.000000610. The van der Waals surface area contributed by atoms with Crippen molar-refractivity contribution in [2.45, 2.75) is 26.7 Å². The number of H-pyrrole nitrogens is 1. The van der Waals surface area contributed by atoms with Crippen LogP contribution >= 0.6 is 0 Å².